The molecular formula is C20H25BrN2O4S. The van der Waals surface area contributed by atoms with E-state index in [1.165, 1.54) is 24.3 Å². The van der Waals surface area contributed by atoms with Crippen LogP contribution in [0.2, 0.25) is 0 Å². The first kappa shape index (κ1) is 22.4. The van der Waals surface area contributed by atoms with Gasteiger partial charge < -0.3 is 10.1 Å². The van der Waals surface area contributed by atoms with E-state index < -0.39 is 10.0 Å². The Bertz CT molecular complexity index is 901. The average Bonchev–Trinajstić information content (AvgIpc) is 2.66. The molecule has 0 saturated carbocycles. The maximum absolute atomic E-state index is 12.2. The number of amides is 1. The molecule has 0 aliphatic heterocycles. The van der Waals surface area contributed by atoms with Crippen molar-refractivity contribution >= 4 is 31.9 Å². The maximum atomic E-state index is 12.2. The fourth-order valence-corrected chi connectivity index (χ4v) is 4.17. The average molecular weight is 469 g/mol. The first-order valence-corrected chi connectivity index (χ1v) is 11.3. The third kappa shape index (κ3) is 6.61. The van der Waals surface area contributed by atoms with Crippen LogP contribution < -0.4 is 14.8 Å². The number of rotatable bonds is 9. The molecule has 2 N–H and O–H groups in total. The topological polar surface area (TPSA) is 84.5 Å². The highest BCUT2D eigenvalue weighted by atomic mass is 79.9. The van der Waals surface area contributed by atoms with Gasteiger partial charge in [0.05, 0.1) is 10.9 Å². The van der Waals surface area contributed by atoms with Crippen LogP contribution in [0.1, 0.15) is 38.8 Å². The number of carbonyl (C=O) groups is 1. The third-order valence-electron chi connectivity index (χ3n) is 4.20. The summed E-state index contributed by atoms with van der Waals surface area (Å²) in [6.07, 6.45) is 0.702. The van der Waals surface area contributed by atoms with Crippen LogP contribution in [-0.4, -0.2) is 27.0 Å². The molecule has 2 aromatic rings. The van der Waals surface area contributed by atoms with Gasteiger partial charge in [0.25, 0.3) is 5.91 Å². The van der Waals surface area contributed by atoms with Gasteiger partial charge in [-0.2, -0.15) is 0 Å². The molecular weight excluding hydrogens is 444 g/mol. The molecule has 0 radical (unpaired) electrons. The number of carbonyl (C=O) groups excluding carboxylic acids is 1. The fourth-order valence-electron chi connectivity index (χ4n) is 2.42. The van der Waals surface area contributed by atoms with E-state index in [1.54, 1.807) is 0 Å². The molecule has 28 heavy (non-hydrogen) atoms. The number of halogens is 1. The van der Waals surface area contributed by atoms with Gasteiger partial charge in [-0.3, -0.25) is 4.79 Å². The van der Waals surface area contributed by atoms with Crippen LogP contribution >= 0.6 is 15.9 Å². The predicted molar refractivity (Wildman–Crippen MR) is 113 cm³/mol. The predicted octanol–water partition coefficient (Wildman–Crippen LogP) is 3.78. The molecule has 8 heteroatoms. The second kappa shape index (κ2) is 10.0. The number of sulfonamides is 1. The summed E-state index contributed by atoms with van der Waals surface area (Å²) >= 11 is 3.41. The van der Waals surface area contributed by atoms with Crippen molar-refractivity contribution in [3.63, 3.8) is 0 Å². The smallest absolute Gasteiger partial charge is 0.258 e. The van der Waals surface area contributed by atoms with Crippen molar-refractivity contribution in [3.05, 3.63) is 58.6 Å². The Kier molecular flexibility index (Phi) is 8.03. The summed E-state index contributed by atoms with van der Waals surface area (Å²) in [5, 5.41) is 2.87. The molecule has 0 spiro atoms. The molecule has 0 fully saturated rings. The van der Waals surface area contributed by atoms with Crippen LogP contribution in [0.15, 0.2) is 57.9 Å². The second-order valence-corrected chi connectivity index (χ2v) is 9.16. The van der Waals surface area contributed by atoms with Crippen molar-refractivity contribution in [2.45, 2.75) is 44.2 Å². The van der Waals surface area contributed by atoms with Crippen molar-refractivity contribution in [2.75, 3.05) is 6.61 Å². The molecule has 0 aliphatic rings. The van der Waals surface area contributed by atoms with Gasteiger partial charge in [0.1, 0.15) is 5.75 Å². The fraction of sp³-hybridized carbons (Fsp3) is 0.350. The summed E-state index contributed by atoms with van der Waals surface area (Å²) < 4.78 is 33.5. The summed E-state index contributed by atoms with van der Waals surface area (Å²) in [5.41, 5.74) is 0.978. The third-order valence-corrected chi connectivity index (χ3v) is 6.30. The highest BCUT2D eigenvalue weighted by Gasteiger charge is 2.16. The van der Waals surface area contributed by atoms with E-state index >= 15 is 0 Å². The molecule has 1 amide bonds. The number of hydrogen-bond donors (Lipinski definition) is 2. The largest absolute Gasteiger partial charge is 0.484 e. The van der Waals surface area contributed by atoms with E-state index in [1.807, 2.05) is 45.0 Å². The summed E-state index contributed by atoms with van der Waals surface area (Å²) in [4.78, 5) is 12.3. The molecule has 2 aromatic carbocycles. The van der Waals surface area contributed by atoms with Crippen LogP contribution in [0, 0.1) is 0 Å². The van der Waals surface area contributed by atoms with Crippen molar-refractivity contribution in [1.82, 2.24) is 10.0 Å². The standard InChI is InChI=1S/C20H25BrN2O4S/c1-4-14(2)23-28(25,26)19-10-8-18(9-11-19)27-13-20(24)22-15(3)16-6-5-7-17(21)12-16/h5-12,14-15,23H,4,13H2,1-3H3,(H,22,24)/t14-,15+/m0/s1. The van der Waals surface area contributed by atoms with Gasteiger partial charge in [0, 0.05) is 10.5 Å². The Morgan fingerprint density at radius 3 is 2.43 bits per heavy atom. The molecule has 0 aliphatic carbocycles. The summed E-state index contributed by atoms with van der Waals surface area (Å²) in [6.45, 7) is 5.45. The first-order valence-electron chi connectivity index (χ1n) is 9.01. The summed E-state index contributed by atoms with van der Waals surface area (Å²) in [7, 11) is -3.56. The minimum absolute atomic E-state index is 0.142. The van der Waals surface area contributed by atoms with Crippen molar-refractivity contribution in [2.24, 2.45) is 0 Å². The summed E-state index contributed by atoms with van der Waals surface area (Å²) in [5.74, 6) is 0.162. The Morgan fingerprint density at radius 1 is 1.14 bits per heavy atom. The number of benzene rings is 2. The van der Waals surface area contributed by atoms with Crippen LogP contribution in [0.3, 0.4) is 0 Å². The zero-order valence-corrected chi connectivity index (χ0v) is 18.5. The van der Waals surface area contributed by atoms with Crippen molar-refractivity contribution in [3.8, 4) is 5.75 Å². The lowest BCUT2D eigenvalue weighted by atomic mass is 10.1. The van der Waals surface area contributed by atoms with E-state index in [2.05, 4.69) is 26.0 Å². The molecule has 2 rings (SSSR count). The second-order valence-electron chi connectivity index (χ2n) is 6.53. The molecule has 2 atom stereocenters. The lowest BCUT2D eigenvalue weighted by Crippen LogP contribution is -2.32. The zero-order chi connectivity index (χ0) is 20.7. The lowest BCUT2D eigenvalue weighted by molar-refractivity contribution is -0.123. The Morgan fingerprint density at radius 2 is 1.82 bits per heavy atom. The van der Waals surface area contributed by atoms with Gasteiger partial charge >= 0.3 is 0 Å². The van der Waals surface area contributed by atoms with E-state index in [4.69, 9.17) is 4.74 Å². The quantitative estimate of drug-likeness (QED) is 0.586. The summed E-state index contributed by atoms with van der Waals surface area (Å²) in [6, 6.07) is 13.4. The molecule has 0 bridgehead atoms. The van der Waals surface area contributed by atoms with Gasteiger partial charge in [-0.05, 0) is 62.2 Å². The van der Waals surface area contributed by atoms with E-state index in [-0.39, 0.29) is 29.5 Å². The van der Waals surface area contributed by atoms with Crippen LogP contribution in [0.25, 0.3) is 0 Å². The molecule has 6 nitrogen and oxygen atoms in total. The lowest BCUT2D eigenvalue weighted by Gasteiger charge is -2.15. The normalized spacial score (nSPS) is 13.6. The molecule has 0 heterocycles. The minimum atomic E-state index is -3.56. The van der Waals surface area contributed by atoms with Gasteiger partial charge in [0.15, 0.2) is 6.61 Å². The Balaban J connectivity index is 1.89. The minimum Gasteiger partial charge on any atom is -0.484 e. The van der Waals surface area contributed by atoms with Crippen molar-refractivity contribution in [1.29, 1.82) is 0 Å². The zero-order valence-electron chi connectivity index (χ0n) is 16.1. The molecule has 0 saturated heterocycles. The Hall–Kier alpha value is -1.90. The SMILES string of the molecule is CC[C@H](C)NS(=O)(=O)c1ccc(OCC(=O)N[C@H](C)c2cccc(Br)c2)cc1. The van der Waals surface area contributed by atoms with Gasteiger partial charge in [-0.15, -0.1) is 0 Å². The molecule has 0 aromatic heterocycles. The number of nitrogens with one attached hydrogen (secondary N) is 2. The van der Waals surface area contributed by atoms with Crippen LogP contribution in [-0.2, 0) is 14.8 Å². The number of hydrogen-bond acceptors (Lipinski definition) is 4. The van der Waals surface area contributed by atoms with Crippen LogP contribution in [0.4, 0.5) is 0 Å². The highest BCUT2D eigenvalue weighted by Crippen LogP contribution is 2.18. The maximum Gasteiger partial charge on any atom is 0.258 e. The van der Waals surface area contributed by atoms with Crippen LogP contribution in [0.5, 0.6) is 5.75 Å². The van der Waals surface area contributed by atoms with Gasteiger partial charge in [0.2, 0.25) is 10.0 Å². The Labute approximate surface area is 174 Å². The van der Waals surface area contributed by atoms with E-state index in [0.29, 0.717) is 12.2 Å². The highest BCUT2D eigenvalue weighted by molar-refractivity contribution is 9.10. The van der Waals surface area contributed by atoms with E-state index in [0.717, 1.165) is 10.0 Å². The molecule has 0 unspecified atom stereocenters. The van der Waals surface area contributed by atoms with Gasteiger partial charge in [-0.25, -0.2) is 13.1 Å². The monoisotopic (exact) mass is 468 g/mol. The van der Waals surface area contributed by atoms with Crippen molar-refractivity contribution < 1.29 is 17.9 Å². The molecule has 152 valence electrons. The number of ether oxygens (including phenoxy) is 1. The first-order chi connectivity index (χ1) is 13.2. The van der Waals surface area contributed by atoms with Gasteiger partial charge in [-0.1, -0.05) is 35.0 Å². The van der Waals surface area contributed by atoms with E-state index in [9.17, 15) is 13.2 Å².